The molecule has 272 valence electrons. The van der Waals surface area contributed by atoms with Crippen molar-refractivity contribution in [3.05, 3.63) is 47.5 Å². The molecule has 5 aliphatic rings. The van der Waals surface area contributed by atoms with E-state index in [-0.39, 0.29) is 31.7 Å². The highest BCUT2D eigenvalue weighted by molar-refractivity contribution is 7.90. The number of carbonyl (C=O) groups excluding carboxylic acids is 5. The van der Waals surface area contributed by atoms with Crippen LogP contribution in [0, 0.1) is 11.3 Å². The van der Waals surface area contributed by atoms with Gasteiger partial charge in [0.2, 0.25) is 27.7 Å². The van der Waals surface area contributed by atoms with Crippen LogP contribution < -0.4 is 10.0 Å². The quantitative estimate of drug-likeness (QED) is 0.344. The average Bonchev–Trinajstić information content (AvgIpc) is 3.98. The minimum Gasteiger partial charge on any atom is -0.444 e. The Labute approximate surface area is 294 Å². The van der Waals surface area contributed by atoms with Crippen molar-refractivity contribution < 1.29 is 37.1 Å². The van der Waals surface area contributed by atoms with E-state index in [2.05, 4.69) is 22.7 Å². The molecule has 1 saturated heterocycles. The second kappa shape index (κ2) is 14.9. The molecular formula is C37H50N4O8S. The lowest BCUT2D eigenvalue weighted by Gasteiger charge is -2.29. The number of rotatable bonds is 10. The number of nitrogens with zero attached hydrogens (tertiary/aromatic N) is 2. The van der Waals surface area contributed by atoms with Crippen molar-refractivity contribution in [3.8, 4) is 0 Å². The highest BCUT2D eigenvalue weighted by Gasteiger charge is 2.61. The van der Waals surface area contributed by atoms with Crippen molar-refractivity contribution in [2.24, 2.45) is 11.3 Å². The van der Waals surface area contributed by atoms with Crippen LogP contribution in [0.25, 0.3) is 0 Å². The first-order chi connectivity index (χ1) is 24.0. The van der Waals surface area contributed by atoms with E-state index in [4.69, 9.17) is 4.74 Å². The number of ketones is 1. The first-order valence-corrected chi connectivity index (χ1v) is 19.9. The number of nitrogens with one attached hydrogen (secondary N) is 2. The number of Topliss-reactive ketones (excluding diaryl/α,β-unsaturated/α-hetero) is 1. The van der Waals surface area contributed by atoms with E-state index < -0.39 is 68.5 Å². The Morgan fingerprint density at radius 3 is 2.52 bits per heavy atom. The van der Waals surface area contributed by atoms with Gasteiger partial charge in [-0.3, -0.25) is 28.8 Å². The molecule has 5 atom stereocenters. The maximum absolute atomic E-state index is 14.3. The molecule has 3 fully saturated rings. The van der Waals surface area contributed by atoms with Gasteiger partial charge < -0.3 is 15.0 Å². The number of hydrogen-bond acceptors (Lipinski definition) is 8. The normalized spacial score (nSPS) is 28.9. The number of aryl methyl sites for hydroxylation is 1. The number of benzene rings is 1. The summed E-state index contributed by atoms with van der Waals surface area (Å²) in [5, 5.41) is 2.33. The van der Waals surface area contributed by atoms with Crippen LogP contribution >= 0.6 is 0 Å². The third-order valence-electron chi connectivity index (χ3n) is 11.2. The van der Waals surface area contributed by atoms with Crippen LogP contribution in [0.15, 0.2) is 30.9 Å². The van der Waals surface area contributed by atoms with E-state index in [0.29, 0.717) is 51.6 Å². The Hall–Kier alpha value is -3.74. The predicted molar refractivity (Wildman–Crippen MR) is 185 cm³/mol. The molecule has 4 amide bonds. The van der Waals surface area contributed by atoms with E-state index in [9.17, 15) is 32.4 Å². The summed E-state index contributed by atoms with van der Waals surface area (Å²) in [7, 11) is -3.84. The van der Waals surface area contributed by atoms with E-state index >= 15 is 0 Å². The predicted octanol–water partition coefficient (Wildman–Crippen LogP) is 4.05. The summed E-state index contributed by atoms with van der Waals surface area (Å²) in [6.07, 6.45) is 7.77. The summed E-state index contributed by atoms with van der Waals surface area (Å²) in [5.41, 5.74) is 2.13. The SMILES string of the molecule is C=C[C@@H]1C[C@]1(CC(=O)[C@@H]1C[C@@H]2CN1C(=O)[C@H](CCCC)NC(=O)CCCCCCc1cccc3c1CN(C3)C(=O)O2)C(=O)NS(=O)(=O)C1CC1. The molecule has 1 aromatic carbocycles. The van der Waals surface area contributed by atoms with Gasteiger partial charge in [-0.05, 0) is 67.6 Å². The van der Waals surface area contributed by atoms with Crippen molar-refractivity contribution >= 4 is 39.6 Å². The van der Waals surface area contributed by atoms with Crippen molar-refractivity contribution in [1.82, 2.24) is 19.8 Å². The topological polar surface area (TPSA) is 159 Å². The number of sulfonamides is 1. The third-order valence-corrected chi connectivity index (χ3v) is 13.0. The number of fused-ring (bicyclic) bond motifs is 3. The molecule has 2 aliphatic carbocycles. The van der Waals surface area contributed by atoms with Crippen LogP contribution in [0.5, 0.6) is 0 Å². The molecule has 0 spiro atoms. The second-order valence-corrected chi connectivity index (χ2v) is 16.8. The fourth-order valence-corrected chi connectivity index (χ4v) is 9.28. The van der Waals surface area contributed by atoms with Gasteiger partial charge in [0.1, 0.15) is 12.1 Å². The Kier molecular flexibility index (Phi) is 10.7. The van der Waals surface area contributed by atoms with Gasteiger partial charge in [0.25, 0.3) is 0 Å². The van der Waals surface area contributed by atoms with E-state index in [1.807, 2.05) is 19.1 Å². The zero-order chi connectivity index (χ0) is 35.6. The molecule has 12 nitrogen and oxygen atoms in total. The Balaban J connectivity index is 1.25. The molecule has 4 bridgehead atoms. The van der Waals surface area contributed by atoms with Crippen LogP contribution in [0.4, 0.5) is 4.79 Å². The molecule has 13 heteroatoms. The molecule has 0 unspecified atom stereocenters. The largest absolute Gasteiger partial charge is 0.444 e. The summed E-state index contributed by atoms with van der Waals surface area (Å²) in [4.78, 5) is 71.6. The molecular weight excluding hydrogens is 660 g/mol. The summed E-state index contributed by atoms with van der Waals surface area (Å²) in [6.45, 7) is 6.59. The van der Waals surface area contributed by atoms with Gasteiger partial charge >= 0.3 is 6.09 Å². The number of hydrogen-bond donors (Lipinski definition) is 2. The molecule has 2 N–H and O–H groups in total. The maximum Gasteiger partial charge on any atom is 0.410 e. The second-order valence-electron chi connectivity index (χ2n) is 14.9. The molecule has 6 rings (SSSR count). The molecule has 2 saturated carbocycles. The van der Waals surface area contributed by atoms with Crippen molar-refractivity contribution in [3.63, 3.8) is 0 Å². The highest BCUT2D eigenvalue weighted by Crippen LogP contribution is 2.57. The minimum absolute atomic E-state index is 0.0353. The Morgan fingerprint density at radius 1 is 1.08 bits per heavy atom. The van der Waals surface area contributed by atoms with Gasteiger partial charge in [-0.1, -0.05) is 56.9 Å². The van der Waals surface area contributed by atoms with Crippen molar-refractivity contribution in [2.75, 3.05) is 6.54 Å². The first kappa shape index (κ1) is 36.1. The molecule has 3 heterocycles. The number of ether oxygens (including phenoxy) is 1. The fourth-order valence-electron chi connectivity index (χ4n) is 7.90. The average molecular weight is 711 g/mol. The van der Waals surface area contributed by atoms with Crippen molar-refractivity contribution in [2.45, 2.75) is 133 Å². The zero-order valence-corrected chi connectivity index (χ0v) is 29.8. The number of carbonyl (C=O) groups is 5. The summed E-state index contributed by atoms with van der Waals surface area (Å²) in [5.74, 6) is -2.19. The number of unbranched alkanes of at least 4 members (excludes halogenated alkanes) is 1. The van der Waals surface area contributed by atoms with Gasteiger partial charge in [-0.2, -0.15) is 0 Å². The van der Waals surface area contributed by atoms with Gasteiger partial charge in [0.15, 0.2) is 5.78 Å². The zero-order valence-electron chi connectivity index (χ0n) is 29.0. The van der Waals surface area contributed by atoms with Crippen LogP contribution in [-0.2, 0) is 53.4 Å². The van der Waals surface area contributed by atoms with Gasteiger partial charge in [-0.25, -0.2) is 13.2 Å². The maximum atomic E-state index is 14.3. The Morgan fingerprint density at radius 2 is 1.82 bits per heavy atom. The van der Waals surface area contributed by atoms with Crippen LogP contribution in [0.2, 0.25) is 0 Å². The Bertz CT molecular complexity index is 1640. The van der Waals surface area contributed by atoms with E-state index in [1.54, 1.807) is 11.0 Å². The molecule has 1 aromatic rings. The fraction of sp³-hybridized carbons (Fsp3) is 0.649. The van der Waals surface area contributed by atoms with E-state index in [0.717, 1.165) is 43.2 Å². The van der Waals surface area contributed by atoms with Gasteiger partial charge in [0, 0.05) is 32.4 Å². The van der Waals surface area contributed by atoms with Gasteiger partial charge in [0.05, 0.1) is 23.3 Å². The molecule has 0 radical (unpaired) electrons. The van der Waals surface area contributed by atoms with Crippen molar-refractivity contribution in [1.29, 1.82) is 0 Å². The smallest absolute Gasteiger partial charge is 0.410 e. The molecule has 50 heavy (non-hydrogen) atoms. The minimum atomic E-state index is -3.84. The lowest BCUT2D eigenvalue weighted by molar-refractivity contribution is -0.142. The van der Waals surface area contributed by atoms with Crippen LogP contribution in [0.1, 0.15) is 107 Å². The molecule has 0 aromatic heterocycles. The summed E-state index contributed by atoms with van der Waals surface area (Å²) >= 11 is 0. The lowest BCUT2D eigenvalue weighted by Crippen LogP contribution is -2.52. The van der Waals surface area contributed by atoms with E-state index in [1.165, 1.54) is 10.5 Å². The standard InChI is InChI=1S/C37H50N4O8S/c1-3-5-14-30-34(44)41-22-27(18-31(41)32(42)20-37(19-26(37)4-2)35(45)39-50(47,48)28-16-17-28)49-36(46)40-21-25-13-10-12-24(29(25)23-40)11-8-6-7-9-15-33(43)38-30/h4,10,12-13,26-28,30-31H,2-3,5-9,11,14-23H2,1H3,(H,38,43)(H,39,45)/t26-,27-,30+,31+,37-/m1/s1. The lowest BCUT2D eigenvalue weighted by atomic mass is 9.91. The van der Waals surface area contributed by atoms with Gasteiger partial charge in [-0.15, -0.1) is 6.58 Å². The first-order valence-electron chi connectivity index (χ1n) is 18.3. The molecule has 3 aliphatic heterocycles. The summed E-state index contributed by atoms with van der Waals surface area (Å²) in [6, 6.07) is 4.25. The monoisotopic (exact) mass is 710 g/mol. The van der Waals surface area contributed by atoms with Crippen LogP contribution in [-0.4, -0.2) is 77.8 Å². The number of amides is 4. The third kappa shape index (κ3) is 7.77. The highest BCUT2D eigenvalue weighted by atomic mass is 32.2. The van der Waals surface area contributed by atoms with Crippen LogP contribution in [0.3, 0.4) is 0 Å². The summed E-state index contributed by atoms with van der Waals surface area (Å²) < 4.78 is 33.5. The number of allylic oxidation sites excluding steroid dienone is 1.